The number of nitrogens with one attached hydrogen (secondary N) is 1. The molecule has 0 atom stereocenters. The van der Waals surface area contributed by atoms with Crippen molar-refractivity contribution in [1.82, 2.24) is 9.80 Å². The summed E-state index contributed by atoms with van der Waals surface area (Å²) >= 11 is 5.72. The molecule has 2 aromatic carbocycles. The summed E-state index contributed by atoms with van der Waals surface area (Å²) in [7, 11) is 0. The van der Waals surface area contributed by atoms with E-state index in [9.17, 15) is 18.8 Å². The number of amides is 3. The van der Waals surface area contributed by atoms with Crippen molar-refractivity contribution < 1.29 is 18.8 Å². The molecule has 3 amide bonds. The Labute approximate surface area is 160 Å². The van der Waals surface area contributed by atoms with Crippen molar-refractivity contribution in [3.63, 3.8) is 0 Å². The zero-order chi connectivity index (χ0) is 19.4. The van der Waals surface area contributed by atoms with E-state index in [1.165, 1.54) is 18.2 Å². The SMILES string of the molecule is O=CN1CCN(C(=O)c2cccc(C(=O)Nc3ccc(F)c(Cl)c3)c2)CC1. The molecule has 3 rings (SSSR count). The lowest BCUT2D eigenvalue weighted by molar-refractivity contribution is -0.119. The number of hydrogen-bond acceptors (Lipinski definition) is 3. The summed E-state index contributed by atoms with van der Waals surface area (Å²) in [6.45, 7) is 1.87. The molecule has 1 heterocycles. The van der Waals surface area contributed by atoms with Gasteiger partial charge < -0.3 is 15.1 Å². The van der Waals surface area contributed by atoms with Crippen molar-refractivity contribution in [3.05, 3.63) is 64.4 Å². The number of halogens is 2. The van der Waals surface area contributed by atoms with E-state index in [0.717, 1.165) is 12.5 Å². The van der Waals surface area contributed by atoms with Crippen LogP contribution in [-0.2, 0) is 4.79 Å². The molecule has 1 N–H and O–H groups in total. The second-order valence-electron chi connectivity index (χ2n) is 6.10. The standard InChI is InChI=1S/C19H17ClFN3O3/c20-16-11-15(4-5-17(16)21)22-18(26)13-2-1-3-14(10-13)19(27)24-8-6-23(12-25)7-9-24/h1-5,10-12H,6-9H2,(H,22,26). The summed E-state index contributed by atoms with van der Waals surface area (Å²) < 4.78 is 13.2. The predicted octanol–water partition coefficient (Wildman–Crippen LogP) is 2.65. The summed E-state index contributed by atoms with van der Waals surface area (Å²) in [5, 5.41) is 2.53. The van der Waals surface area contributed by atoms with Crippen molar-refractivity contribution in [3.8, 4) is 0 Å². The van der Waals surface area contributed by atoms with Gasteiger partial charge >= 0.3 is 0 Å². The molecule has 0 radical (unpaired) electrons. The first-order valence-electron chi connectivity index (χ1n) is 8.33. The van der Waals surface area contributed by atoms with E-state index >= 15 is 0 Å². The molecule has 0 aromatic heterocycles. The average molecular weight is 390 g/mol. The molecule has 0 spiro atoms. The van der Waals surface area contributed by atoms with Crippen LogP contribution in [0.1, 0.15) is 20.7 Å². The highest BCUT2D eigenvalue weighted by atomic mass is 35.5. The molecule has 1 saturated heterocycles. The molecular formula is C19H17ClFN3O3. The van der Waals surface area contributed by atoms with Gasteiger partial charge in [-0.1, -0.05) is 17.7 Å². The van der Waals surface area contributed by atoms with Crippen molar-refractivity contribution >= 4 is 35.5 Å². The van der Waals surface area contributed by atoms with Gasteiger partial charge in [0.05, 0.1) is 5.02 Å². The van der Waals surface area contributed by atoms with E-state index in [1.807, 2.05) is 0 Å². The van der Waals surface area contributed by atoms with Crippen LogP contribution in [0.3, 0.4) is 0 Å². The second kappa shape index (κ2) is 8.18. The highest BCUT2D eigenvalue weighted by Crippen LogP contribution is 2.20. The van der Waals surface area contributed by atoms with Crippen LogP contribution in [0, 0.1) is 5.82 Å². The van der Waals surface area contributed by atoms with Crippen molar-refractivity contribution in [1.29, 1.82) is 0 Å². The number of hydrogen-bond donors (Lipinski definition) is 1. The fourth-order valence-corrected chi connectivity index (χ4v) is 2.96. The molecule has 1 aliphatic rings. The van der Waals surface area contributed by atoms with Gasteiger partial charge in [-0.15, -0.1) is 0 Å². The van der Waals surface area contributed by atoms with E-state index in [0.29, 0.717) is 43.0 Å². The first kappa shape index (κ1) is 18.8. The number of piperazine rings is 1. The monoisotopic (exact) mass is 389 g/mol. The van der Waals surface area contributed by atoms with Crippen LogP contribution in [0.5, 0.6) is 0 Å². The van der Waals surface area contributed by atoms with Gasteiger partial charge in [0, 0.05) is 43.0 Å². The summed E-state index contributed by atoms with van der Waals surface area (Å²) in [6.07, 6.45) is 0.772. The molecule has 0 aliphatic carbocycles. The maximum Gasteiger partial charge on any atom is 0.255 e. The van der Waals surface area contributed by atoms with Crippen LogP contribution in [-0.4, -0.2) is 54.2 Å². The third-order valence-electron chi connectivity index (χ3n) is 4.30. The van der Waals surface area contributed by atoms with Gasteiger partial charge in [-0.3, -0.25) is 14.4 Å². The minimum Gasteiger partial charge on any atom is -0.342 e. The molecule has 1 aliphatic heterocycles. The number of carbonyl (C=O) groups is 3. The first-order chi connectivity index (χ1) is 13.0. The number of carbonyl (C=O) groups excluding carboxylic acids is 3. The summed E-state index contributed by atoms with van der Waals surface area (Å²) in [6, 6.07) is 10.2. The maximum atomic E-state index is 13.2. The summed E-state index contributed by atoms with van der Waals surface area (Å²) in [5.74, 6) is -1.20. The fourth-order valence-electron chi connectivity index (χ4n) is 2.78. The largest absolute Gasteiger partial charge is 0.342 e. The van der Waals surface area contributed by atoms with Crippen LogP contribution in [0.4, 0.5) is 10.1 Å². The summed E-state index contributed by atoms with van der Waals surface area (Å²) in [5.41, 5.74) is 1.04. The van der Waals surface area contributed by atoms with Crippen LogP contribution in [0.15, 0.2) is 42.5 Å². The number of anilines is 1. The Bertz CT molecular complexity index is 882. The Hall–Kier alpha value is -2.93. The number of benzene rings is 2. The van der Waals surface area contributed by atoms with Crippen molar-refractivity contribution in [2.24, 2.45) is 0 Å². The molecule has 2 aromatic rings. The molecule has 140 valence electrons. The number of rotatable bonds is 4. The highest BCUT2D eigenvalue weighted by Gasteiger charge is 2.22. The maximum absolute atomic E-state index is 13.2. The smallest absolute Gasteiger partial charge is 0.255 e. The quantitative estimate of drug-likeness (QED) is 0.817. The zero-order valence-corrected chi connectivity index (χ0v) is 15.1. The Kier molecular flexibility index (Phi) is 5.71. The van der Waals surface area contributed by atoms with Crippen LogP contribution in [0.2, 0.25) is 5.02 Å². The Morgan fingerprint density at radius 2 is 1.74 bits per heavy atom. The lowest BCUT2D eigenvalue weighted by Gasteiger charge is -2.32. The van der Waals surface area contributed by atoms with Crippen molar-refractivity contribution in [2.45, 2.75) is 0 Å². The van der Waals surface area contributed by atoms with Gasteiger partial charge in [0.25, 0.3) is 11.8 Å². The molecule has 27 heavy (non-hydrogen) atoms. The van der Waals surface area contributed by atoms with Crippen LogP contribution < -0.4 is 5.32 Å². The lowest BCUT2D eigenvalue weighted by atomic mass is 10.1. The minimum absolute atomic E-state index is 0.0915. The first-order valence-corrected chi connectivity index (χ1v) is 8.71. The molecular weight excluding hydrogens is 373 g/mol. The van der Waals surface area contributed by atoms with E-state index < -0.39 is 11.7 Å². The van der Waals surface area contributed by atoms with Gasteiger partial charge in [-0.05, 0) is 36.4 Å². The Balaban J connectivity index is 1.71. The molecule has 0 unspecified atom stereocenters. The number of nitrogens with zero attached hydrogens (tertiary/aromatic N) is 2. The molecule has 0 bridgehead atoms. The van der Waals surface area contributed by atoms with Crippen LogP contribution >= 0.6 is 11.6 Å². The van der Waals surface area contributed by atoms with Gasteiger partial charge in [0.1, 0.15) is 5.82 Å². The highest BCUT2D eigenvalue weighted by molar-refractivity contribution is 6.31. The van der Waals surface area contributed by atoms with E-state index in [1.54, 1.807) is 28.0 Å². The van der Waals surface area contributed by atoms with E-state index in [-0.39, 0.29) is 10.9 Å². The van der Waals surface area contributed by atoms with Crippen molar-refractivity contribution in [2.75, 3.05) is 31.5 Å². The fraction of sp³-hybridized carbons (Fsp3) is 0.211. The predicted molar refractivity (Wildman–Crippen MR) is 99.3 cm³/mol. The van der Waals surface area contributed by atoms with E-state index in [4.69, 9.17) is 11.6 Å². The van der Waals surface area contributed by atoms with Gasteiger partial charge in [-0.2, -0.15) is 0 Å². The van der Waals surface area contributed by atoms with Gasteiger partial charge in [0.15, 0.2) is 0 Å². The topological polar surface area (TPSA) is 69.7 Å². The third kappa shape index (κ3) is 4.43. The molecule has 0 saturated carbocycles. The minimum atomic E-state index is -0.572. The lowest BCUT2D eigenvalue weighted by Crippen LogP contribution is -2.48. The Morgan fingerprint density at radius 1 is 1.04 bits per heavy atom. The zero-order valence-electron chi connectivity index (χ0n) is 14.3. The van der Waals surface area contributed by atoms with Gasteiger partial charge in [-0.25, -0.2) is 4.39 Å². The van der Waals surface area contributed by atoms with Crippen LogP contribution in [0.25, 0.3) is 0 Å². The molecule has 6 nitrogen and oxygen atoms in total. The molecule has 8 heteroatoms. The second-order valence-corrected chi connectivity index (χ2v) is 6.50. The summed E-state index contributed by atoms with van der Waals surface area (Å²) in [4.78, 5) is 39.1. The normalized spacial score (nSPS) is 14.0. The van der Waals surface area contributed by atoms with E-state index in [2.05, 4.69) is 5.32 Å². The Morgan fingerprint density at radius 3 is 2.41 bits per heavy atom. The molecule has 1 fully saturated rings. The third-order valence-corrected chi connectivity index (χ3v) is 4.59. The van der Waals surface area contributed by atoms with Gasteiger partial charge in [0.2, 0.25) is 6.41 Å². The average Bonchev–Trinajstić information content (AvgIpc) is 2.70.